The molecule has 1 fully saturated rings. The van der Waals surface area contributed by atoms with Crippen LogP contribution in [0, 0.1) is 5.82 Å². The summed E-state index contributed by atoms with van der Waals surface area (Å²) in [6.45, 7) is 1.04. The number of halogens is 2. The lowest BCUT2D eigenvalue weighted by molar-refractivity contribution is -0.116. The number of anilines is 1. The minimum atomic E-state index is -0.474. The number of ether oxygens (including phenoxy) is 1. The van der Waals surface area contributed by atoms with Crippen LogP contribution in [-0.4, -0.2) is 25.6 Å². The van der Waals surface area contributed by atoms with Crippen LogP contribution in [0.5, 0.6) is 5.75 Å². The first-order valence-corrected chi connectivity index (χ1v) is 6.56. The third-order valence-corrected chi connectivity index (χ3v) is 3.32. The van der Waals surface area contributed by atoms with Gasteiger partial charge in [-0.25, -0.2) is 4.39 Å². The van der Waals surface area contributed by atoms with Gasteiger partial charge in [-0.3, -0.25) is 4.79 Å². The lowest BCUT2D eigenvalue weighted by atomic mass is 10.1. The molecule has 2 N–H and O–H groups in total. The van der Waals surface area contributed by atoms with Gasteiger partial charge in [0.2, 0.25) is 5.91 Å². The molecule has 1 unspecified atom stereocenters. The van der Waals surface area contributed by atoms with Crippen molar-refractivity contribution in [3.05, 3.63) is 24.0 Å². The number of rotatable bonds is 5. The number of benzene rings is 1. The molecule has 0 aromatic heterocycles. The fraction of sp³-hybridized carbons (Fsp3) is 0.500. The third-order valence-electron chi connectivity index (χ3n) is 3.32. The standard InChI is InChI=1S/C14H19FN2O2.ClH/c1-19-13-6-4-11(9-12(13)15)17-14(18)7-5-10-3-2-8-16-10;/h4,6,9-10,16H,2-3,5,7-8H2,1H3,(H,17,18);1H. The second kappa shape index (κ2) is 8.07. The minimum Gasteiger partial charge on any atom is -0.494 e. The van der Waals surface area contributed by atoms with Crippen molar-refractivity contribution in [1.82, 2.24) is 5.32 Å². The van der Waals surface area contributed by atoms with E-state index in [0.717, 1.165) is 19.4 Å². The molecule has 1 aliphatic heterocycles. The van der Waals surface area contributed by atoms with Crippen molar-refractivity contribution >= 4 is 24.0 Å². The highest BCUT2D eigenvalue weighted by atomic mass is 35.5. The van der Waals surface area contributed by atoms with Crippen LogP contribution in [0.4, 0.5) is 10.1 Å². The summed E-state index contributed by atoms with van der Waals surface area (Å²) in [7, 11) is 1.41. The van der Waals surface area contributed by atoms with Crippen molar-refractivity contribution in [3.8, 4) is 5.75 Å². The monoisotopic (exact) mass is 302 g/mol. The van der Waals surface area contributed by atoms with Crippen molar-refractivity contribution < 1.29 is 13.9 Å². The number of carbonyl (C=O) groups excluding carboxylic acids is 1. The van der Waals surface area contributed by atoms with Gasteiger partial charge in [-0.1, -0.05) is 0 Å². The first kappa shape index (κ1) is 16.7. The molecule has 2 rings (SSSR count). The van der Waals surface area contributed by atoms with E-state index in [0.29, 0.717) is 18.2 Å². The Hall–Kier alpha value is -1.33. The number of amides is 1. The molecule has 0 radical (unpaired) electrons. The van der Waals surface area contributed by atoms with E-state index in [1.165, 1.54) is 25.7 Å². The summed E-state index contributed by atoms with van der Waals surface area (Å²) < 4.78 is 18.3. The van der Waals surface area contributed by atoms with Crippen molar-refractivity contribution in [2.45, 2.75) is 31.7 Å². The molecule has 20 heavy (non-hydrogen) atoms. The first-order valence-electron chi connectivity index (χ1n) is 6.56. The summed E-state index contributed by atoms with van der Waals surface area (Å²) in [6.07, 6.45) is 3.58. The molecule has 112 valence electrons. The van der Waals surface area contributed by atoms with Crippen LogP contribution >= 0.6 is 12.4 Å². The maximum absolute atomic E-state index is 13.4. The quantitative estimate of drug-likeness (QED) is 0.879. The van der Waals surface area contributed by atoms with Gasteiger partial charge >= 0.3 is 0 Å². The third kappa shape index (κ3) is 4.65. The number of carbonyl (C=O) groups is 1. The van der Waals surface area contributed by atoms with E-state index in [9.17, 15) is 9.18 Å². The van der Waals surface area contributed by atoms with Gasteiger partial charge in [-0.2, -0.15) is 0 Å². The summed E-state index contributed by atoms with van der Waals surface area (Å²) in [5.41, 5.74) is 0.461. The van der Waals surface area contributed by atoms with E-state index >= 15 is 0 Å². The van der Waals surface area contributed by atoms with Crippen molar-refractivity contribution in [2.75, 3.05) is 19.0 Å². The maximum atomic E-state index is 13.4. The van der Waals surface area contributed by atoms with E-state index in [2.05, 4.69) is 10.6 Å². The summed E-state index contributed by atoms with van der Waals surface area (Å²) in [6, 6.07) is 4.85. The highest BCUT2D eigenvalue weighted by molar-refractivity contribution is 5.90. The zero-order valence-electron chi connectivity index (χ0n) is 11.4. The van der Waals surface area contributed by atoms with Gasteiger partial charge in [0.05, 0.1) is 7.11 Å². The predicted molar refractivity (Wildman–Crippen MR) is 79.1 cm³/mol. The average molecular weight is 303 g/mol. The summed E-state index contributed by atoms with van der Waals surface area (Å²) in [5, 5.41) is 6.04. The lowest BCUT2D eigenvalue weighted by Gasteiger charge is -2.10. The second-order valence-electron chi connectivity index (χ2n) is 4.73. The zero-order valence-corrected chi connectivity index (χ0v) is 12.3. The van der Waals surface area contributed by atoms with Crippen molar-refractivity contribution in [2.24, 2.45) is 0 Å². The minimum absolute atomic E-state index is 0. The molecule has 1 atom stereocenters. The Labute approximate surface area is 124 Å². The molecular weight excluding hydrogens is 283 g/mol. The molecule has 6 heteroatoms. The van der Waals surface area contributed by atoms with E-state index in [1.54, 1.807) is 6.07 Å². The largest absolute Gasteiger partial charge is 0.494 e. The SMILES string of the molecule is COc1ccc(NC(=O)CCC2CCCN2)cc1F.Cl. The molecule has 1 heterocycles. The average Bonchev–Trinajstić information content (AvgIpc) is 2.90. The van der Waals surface area contributed by atoms with Crippen LogP contribution < -0.4 is 15.4 Å². The number of nitrogens with one attached hydrogen (secondary N) is 2. The van der Waals surface area contributed by atoms with Gasteiger partial charge < -0.3 is 15.4 Å². The fourth-order valence-corrected chi connectivity index (χ4v) is 2.28. The summed E-state index contributed by atoms with van der Waals surface area (Å²) >= 11 is 0. The molecule has 0 spiro atoms. The van der Waals surface area contributed by atoms with E-state index in [-0.39, 0.29) is 24.1 Å². The Morgan fingerprint density at radius 3 is 2.95 bits per heavy atom. The Balaban J connectivity index is 0.00000200. The molecule has 1 amide bonds. The van der Waals surface area contributed by atoms with Gasteiger partial charge in [-0.15, -0.1) is 12.4 Å². The topological polar surface area (TPSA) is 50.4 Å². The van der Waals surface area contributed by atoms with Crippen LogP contribution in [0.1, 0.15) is 25.7 Å². The molecule has 0 aliphatic carbocycles. The van der Waals surface area contributed by atoms with Crippen LogP contribution in [-0.2, 0) is 4.79 Å². The molecule has 0 saturated carbocycles. The van der Waals surface area contributed by atoms with Crippen molar-refractivity contribution in [3.63, 3.8) is 0 Å². The molecule has 0 bridgehead atoms. The van der Waals surface area contributed by atoms with Gasteiger partial charge in [-0.05, 0) is 37.9 Å². The van der Waals surface area contributed by atoms with Gasteiger partial charge in [0.25, 0.3) is 0 Å². The molecule has 1 aromatic rings. The number of methoxy groups -OCH3 is 1. The lowest BCUT2D eigenvalue weighted by Crippen LogP contribution is -2.23. The van der Waals surface area contributed by atoms with E-state index in [1.807, 2.05) is 0 Å². The Kier molecular flexibility index (Phi) is 6.75. The van der Waals surface area contributed by atoms with Gasteiger partial charge in [0.1, 0.15) is 0 Å². The predicted octanol–water partition coefficient (Wildman–Crippen LogP) is 2.73. The second-order valence-corrected chi connectivity index (χ2v) is 4.73. The van der Waals surface area contributed by atoms with Crippen LogP contribution in [0.15, 0.2) is 18.2 Å². The zero-order chi connectivity index (χ0) is 13.7. The molecule has 1 aliphatic rings. The number of hydrogen-bond acceptors (Lipinski definition) is 3. The van der Waals surface area contributed by atoms with Gasteiger partial charge in [0.15, 0.2) is 11.6 Å². The first-order chi connectivity index (χ1) is 9.19. The van der Waals surface area contributed by atoms with Crippen LogP contribution in [0.3, 0.4) is 0 Å². The number of hydrogen-bond donors (Lipinski definition) is 2. The maximum Gasteiger partial charge on any atom is 0.224 e. The molecule has 1 saturated heterocycles. The molecular formula is C14H20ClFN2O2. The van der Waals surface area contributed by atoms with E-state index < -0.39 is 5.82 Å². The summed E-state index contributed by atoms with van der Waals surface area (Å²) in [4.78, 5) is 11.7. The fourth-order valence-electron chi connectivity index (χ4n) is 2.28. The van der Waals surface area contributed by atoms with Crippen LogP contribution in [0.2, 0.25) is 0 Å². The van der Waals surface area contributed by atoms with E-state index in [4.69, 9.17) is 4.74 Å². The highest BCUT2D eigenvalue weighted by Crippen LogP contribution is 2.21. The Morgan fingerprint density at radius 2 is 2.35 bits per heavy atom. The molecule has 4 nitrogen and oxygen atoms in total. The molecule has 1 aromatic carbocycles. The highest BCUT2D eigenvalue weighted by Gasteiger charge is 2.15. The smallest absolute Gasteiger partial charge is 0.224 e. The Morgan fingerprint density at radius 1 is 1.55 bits per heavy atom. The van der Waals surface area contributed by atoms with Crippen molar-refractivity contribution in [1.29, 1.82) is 0 Å². The van der Waals surface area contributed by atoms with Gasteiger partial charge in [0, 0.05) is 24.2 Å². The summed E-state index contributed by atoms with van der Waals surface area (Å²) in [5.74, 6) is -0.385. The van der Waals surface area contributed by atoms with Crippen LogP contribution in [0.25, 0.3) is 0 Å². The Bertz CT molecular complexity index is 451. The normalized spacial score (nSPS) is 17.4.